The highest BCUT2D eigenvalue weighted by molar-refractivity contribution is 5.99. The average molecular weight is 350 g/mol. The van der Waals surface area contributed by atoms with Gasteiger partial charge in [-0.2, -0.15) is 0 Å². The van der Waals surface area contributed by atoms with Crippen molar-refractivity contribution < 1.29 is 4.79 Å². The Hall–Kier alpha value is -2.40. The lowest BCUT2D eigenvalue weighted by Gasteiger charge is -2.39. The van der Waals surface area contributed by atoms with Crippen molar-refractivity contribution in [2.45, 2.75) is 32.4 Å². The van der Waals surface area contributed by atoms with Crippen LogP contribution >= 0.6 is 0 Å². The average Bonchev–Trinajstić information content (AvgIpc) is 3.03. The van der Waals surface area contributed by atoms with E-state index in [0.717, 1.165) is 44.1 Å². The van der Waals surface area contributed by atoms with E-state index in [1.807, 2.05) is 42.3 Å². The number of carbonyl (C=O) groups is 1. The molecule has 5 nitrogen and oxygen atoms in total. The van der Waals surface area contributed by atoms with E-state index in [4.69, 9.17) is 0 Å². The zero-order chi connectivity index (χ0) is 18.1. The number of pyridine rings is 1. The van der Waals surface area contributed by atoms with Crippen molar-refractivity contribution in [3.05, 3.63) is 54.2 Å². The number of fused-ring (bicyclic) bond motifs is 1. The van der Waals surface area contributed by atoms with Crippen LogP contribution < -0.4 is 9.80 Å². The number of anilines is 2. The normalized spacial score (nSPS) is 21.5. The maximum Gasteiger partial charge on any atom is 0.244 e. The summed E-state index contributed by atoms with van der Waals surface area (Å²) in [6.45, 7) is 7.76. The number of hydrogen-bond donors (Lipinski definition) is 0. The van der Waals surface area contributed by atoms with Gasteiger partial charge in [0.2, 0.25) is 5.91 Å². The van der Waals surface area contributed by atoms with E-state index in [-0.39, 0.29) is 18.0 Å². The first-order valence-electron chi connectivity index (χ1n) is 9.46. The molecule has 0 aliphatic carbocycles. The van der Waals surface area contributed by atoms with Crippen LogP contribution in [0, 0.1) is 0 Å². The Balaban J connectivity index is 1.42. The van der Waals surface area contributed by atoms with Gasteiger partial charge in [0.1, 0.15) is 5.82 Å². The minimum Gasteiger partial charge on any atom is -0.354 e. The Morgan fingerprint density at radius 2 is 1.81 bits per heavy atom. The summed E-state index contributed by atoms with van der Waals surface area (Å²) in [5.41, 5.74) is 2.37. The fourth-order valence-electron chi connectivity index (χ4n) is 4.14. The topological polar surface area (TPSA) is 39.7 Å². The standard InChI is InChI=1S/C21H26N4O/c1-16-15-18-7-3-4-8-19(18)25(16)21(26)17(2)23-11-13-24(14-12-23)20-9-5-6-10-22-20/h3-10,16-17H,11-15H2,1-2H3. The predicted octanol–water partition coefficient (Wildman–Crippen LogP) is 2.57. The van der Waals surface area contributed by atoms with Crippen LogP contribution in [0.15, 0.2) is 48.7 Å². The highest BCUT2D eigenvalue weighted by atomic mass is 16.2. The molecule has 0 N–H and O–H groups in total. The summed E-state index contributed by atoms with van der Waals surface area (Å²) in [5.74, 6) is 1.24. The summed E-state index contributed by atoms with van der Waals surface area (Å²) in [6, 6.07) is 14.4. The van der Waals surface area contributed by atoms with Crippen molar-refractivity contribution in [2.75, 3.05) is 36.0 Å². The third-order valence-corrected chi connectivity index (χ3v) is 5.64. The first kappa shape index (κ1) is 17.0. The second kappa shape index (κ2) is 7.08. The number of benzene rings is 1. The Kier molecular flexibility index (Phi) is 4.64. The number of aromatic nitrogens is 1. The molecule has 0 radical (unpaired) electrons. The smallest absolute Gasteiger partial charge is 0.244 e. The summed E-state index contributed by atoms with van der Waals surface area (Å²) in [6.07, 6.45) is 2.78. The fraction of sp³-hybridized carbons (Fsp3) is 0.429. The summed E-state index contributed by atoms with van der Waals surface area (Å²) in [4.78, 5) is 24.3. The van der Waals surface area contributed by atoms with Crippen LogP contribution in [0.5, 0.6) is 0 Å². The number of piperazine rings is 1. The number of nitrogens with zero attached hydrogens (tertiary/aromatic N) is 4. The van der Waals surface area contributed by atoms with Gasteiger partial charge in [-0.15, -0.1) is 0 Å². The predicted molar refractivity (Wildman–Crippen MR) is 105 cm³/mol. The molecule has 136 valence electrons. The minimum atomic E-state index is -0.102. The summed E-state index contributed by atoms with van der Waals surface area (Å²) >= 11 is 0. The third kappa shape index (κ3) is 3.07. The lowest BCUT2D eigenvalue weighted by atomic mass is 10.1. The molecule has 3 heterocycles. The molecular weight excluding hydrogens is 324 g/mol. The minimum absolute atomic E-state index is 0.102. The van der Waals surface area contributed by atoms with Crippen LogP contribution in [0.25, 0.3) is 0 Å². The lowest BCUT2D eigenvalue weighted by Crippen LogP contribution is -2.55. The molecule has 0 spiro atoms. The first-order chi connectivity index (χ1) is 12.6. The van der Waals surface area contributed by atoms with Crippen molar-refractivity contribution in [1.82, 2.24) is 9.88 Å². The van der Waals surface area contributed by atoms with Gasteiger partial charge in [-0.3, -0.25) is 9.69 Å². The number of carbonyl (C=O) groups excluding carboxylic acids is 1. The molecule has 2 aromatic rings. The van der Waals surface area contributed by atoms with Gasteiger partial charge >= 0.3 is 0 Å². The van der Waals surface area contributed by atoms with Gasteiger partial charge in [0.25, 0.3) is 0 Å². The van der Waals surface area contributed by atoms with Crippen LogP contribution in [0.4, 0.5) is 11.5 Å². The van der Waals surface area contributed by atoms with Gasteiger partial charge in [-0.25, -0.2) is 4.98 Å². The second-order valence-corrected chi connectivity index (χ2v) is 7.28. The van der Waals surface area contributed by atoms with E-state index < -0.39 is 0 Å². The van der Waals surface area contributed by atoms with E-state index in [1.54, 1.807) is 0 Å². The highest BCUT2D eigenvalue weighted by Crippen LogP contribution is 2.32. The molecule has 1 aromatic heterocycles. The van der Waals surface area contributed by atoms with E-state index in [2.05, 4.69) is 39.9 Å². The monoisotopic (exact) mass is 350 g/mol. The first-order valence-corrected chi connectivity index (χ1v) is 9.46. The SMILES string of the molecule is CC(C(=O)N1c2ccccc2CC1C)N1CCN(c2ccccn2)CC1. The Morgan fingerprint density at radius 1 is 1.08 bits per heavy atom. The number of para-hydroxylation sites is 1. The molecule has 0 saturated carbocycles. The van der Waals surface area contributed by atoms with Crippen molar-refractivity contribution >= 4 is 17.4 Å². The molecule has 4 rings (SSSR count). The summed E-state index contributed by atoms with van der Waals surface area (Å²) in [7, 11) is 0. The lowest BCUT2D eigenvalue weighted by molar-refractivity contribution is -0.123. The van der Waals surface area contributed by atoms with Crippen molar-refractivity contribution in [1.29, 1.82) is 0 Å². The molecule has 1 saturated heterocycles. The number of rotatable bonds is 3. The molecular formula is C21H26N4O. The van der Waals surface area contributed by atoms with E-state index >= 15 is 0 Å². The van der Waals surface area contributed by atoms with E-state index in [0.29, 0.717) is 0 Å². The number of amides is 1. The molecule has 2 atom stereocenters. The maximum absolute atomic E-state index is 13.2. The summed E-state index contributed by atoms with van der Waals surface area (Å²) in [5, 5.41) is 0. The van der Waals surface area contributed by atoms with Gasteiger partial charge in [0.05, 0.1) is 6.04 Å². The molecule has 1 aromatic carbocycles. The van der Waals surface area contributed by atoms with Gasteiger partial charge in [-0.05, 0) is 44.0 Å². The van der Waals surface area contributed by atoms with Crippen molar-refractivity contribution in [3.8, 4) is 0 Å². The van der Waals surface area contributed by atoms with Gasteiger partial charge in [0, 0.05) is 44.1 Å². The molecule has 26 heavy (non-hydrogen) atoms. The fourth-order valence-corrected chi connectivity index (χ4v) is 4.14. The highest BCUT2D eigenvalue weighted by Gasteiger charge is 2.35. The van der Waals surface area contributed by atoms with Crippen molar-refractivity contribution in [2.24, 2.45) is 0 Å². The second-order valence-electron chi connectivity index (χ2n) is 7.28. The van der Waals surface area contributed by atoms with Gasteiger partial charge < -0.3 is 9.80 Å². The number of hydrogen-bond acceptors (Lipinski definition) is 4. The molecule has 1 amide bonds. The van der Waals surface area contributed by atoms with Crippen LogP contribution in [-0.4, -0.2) is 54.1 Å². The molecule has 2 aliphatic heterocycles. The van der Waals surface area contributed by atoms with Crippen LogP contribution in [0.3, 0.4) is 0 Å². The zero-order valence-electron chi connectivity index (χ0n) is 15.5. The molecule has 0 bridgehead atoms. The largest absolute Gasteiger partial charge is 0.354 e. The van der Waals surface area contributed by atoms with Gasteiger partial charge in [0.15, 0.2) is 0 Å². The quantitative estimate of drug-likeness (QED) is 0.853. The van der Waals surface area contributed by atoms with Gasteiger partial charge in [-0.1, -0.05) is 24.3 Å². The Labute approximate surface area is 155 Å². The Morgan fingerprint density at radius 3 is 2.54 bits per heavy atom. The maximum atomic E-state index is 13.2. The summed E-state index contributed by atoms with van der Waals surface area (Å²) < 4.78 is 0. The molecule has 1 fully saturated rings. The van der Waals surface area contributed by atoms with Crippen LogP contribution in [-0.2, 0) is 11.2 Å². The van der Waals surface area contributed by atoms with E-state index in [1.165, 1.54) is 5.56 Å². The molecule has 2 aliphatic rings. The molecule has 2 unspecified atom stereocenters. The zero-order valence-corrected chi connectivity index (χ0v) is 15.5. The Bertz CT molecular complexity index is 771. The van der Waals surface area contributed by atoms with E-state index in [9.17, 15) is 4.79 Å². The third-order valence-electron chi connectivity index (χ3n) is 5.64. The van der Waals surface area contributed by atoms with Crippen molar-refractivity contribution in [3.63, 3.8) is 0 Å². The van der Waals surface area contributed by atoms with Crippen LogP contribution in [0.2, 0.25) is 0 Å². The molecule has 5 heteroatoms. The van der Waals surface area contributed by atoms with Crippen LogP contribution in [0.1, 0.15) is 19.4 Å².